The van der Waals surface area contributed by atoms with Gasteiger partial charge in [-0.1, -0.05) is 30.7 Å². The van der Waals surface area contributed by atoms with Gasteiger partial charge in [0.1, 0.15) is 6.10 Å². The highest BCUT2D eigenvalue weighted by Gasteiger charge is 2.50. The molecule has 1 saturated heterocycles. The summed E-state index contributed by atoms with van der Waals surface area (Å²) in [6.45, 7) is 6.12. The summed E-state index contributed by atoms with van der Waals surface area (Å²) < 4.78 is 16.6. The summed E-state index contributed by atoms with van der Waals surface area (Å²) in [4.78, 5) is 12.6. The minimum absolute atomic E-state index is 0.0180. The molecule has 148 valence electrons. The molecule has 0 radical (unpaired) electrons. The summed E-state index contributed by atoms with van der Waals surface area (Å²) in [6, 6.07) is 5.96. The van der Waals surface area contributed by atoms with E-state index < -0.39 is 0 Å². The molecule has 1 fully saturated rings. The molecule has 4 atom stereocenters. The van der Waals surface area contributed by atoms with Gasteiger partial charge in [-0.2, -0.15) is 0 Å². The first-order chi connectivity index (χ1) is 13.5. The van der Waals surface area contributed by atoms with E-state index in [0.29, 0.717) is 13.1 Å². The van der Waals surface area contributed by atoms with Crippen molar-refractivity contribution < 1.29 is 19.0 Å². The summed E-state index contributed by atoms with van der Waals surface area (Å²) >= 11 is 0. The number of hydrogen-bond acceptors (Lipinski definition) is 5. The number of carbonyl (C=O) groups is 1. The topological polar surface area (TPSA) is 56.8 Å². The maximum absolute atomic E-state index is 12.6. The highest BCUT2D eigenvalue weighted by molar-refractivity contribution is 5.76. The standard InChI is InChI=1S/C23H27NO4/c1-14-4-3-7-23(2)10-21-16(9-18(14)23)17(22(25)28-21)12-24-11-15-5-6-19-20(8-15)27-13-26-19/h4-6,8-9,16-17,21,24H,3,7,10-13H2,1-2H3/t16-,17+,21+,23-/m0/s1. The highest BCUT2D eigenvalue weighted by atomic mass is 16.7. The third kappa shape index (κ3) is 2.93. The van der Waals surface area contributed by atoms with Crippen molar-refractivity contribution in [1.29, 1.82) is 0 Å². The van der Waals surface area contributed by atoms with Crippen LogP contribution in [0.1, 0.15) is 38.7 Å². The lowest BCUT2D eigenvalue weighted by Gasteiger charge is -2.42. The second kappa shape index (κ2) is 6.66. The first kappa shape index (κ1) is 17.8. The quantitative estimate of drug-likeness (QED) is 0.805. The molecule has 0 saturated carbocycles. The zero-order chi connectivity index (χ0) is 19.3. The molecule has 0 bridgehead atoms. The van der Waals surface area contributed by atoms with E-state index in [0.717, 1.165) is 36.3 Å². The number of rotatable bonds is 4. The molecule has 5 rings (SSSR count). The van der Waals surface area contributed by atoms with Gasteiger partial charge in [-0.05, 0) is 54.9 Å². The van der Waals surface area contributed by atoms with Crippen LogP contribution >= 0.6 is 0 Å². The number of nitrogens with one attached hydrogen (secondary N) is 1. The Morgan fingerprint density at radius 2 is 2.11 bits per heavy atom. The minimum Gasteiger partial charge on any atom is -0.461 e. The van der Waals surface area contributed by atoms with Crippen molar-refractivity contribution in [2.24, 2.45) is 17.3 Å². The van der Waals surface area contributed by atoms with Crippen LogP contribution in [0.4, 0.5) is 0 Å². The Morgan fingerprint density at radius 3 is 3.00 bits per heavy atom. The zero-order valence-electron chi connectivity index (χ0n) is 16.5. The maximum atomic E-state index is 12.6. The molecule has 0 unspecified atom stereocenters. The third-order valence-corrected chi connectivity index (χ3v) is 6.83. The van der Waals surface area contributed by atoms with Crippen molar-refractivity contribution in [3.63, 3.8) is 0 Å². The molecule has 2 aliphatic carbocycles. The molecule has 0 aromatic heterocycles. The Kier molecular flexibility index (Phi) is 4.23. The molecule has 5 nitrogen and oxygen atoms in total. The zero-order valence-corrected chi connectivity index (χ0v) is 16.5. The van der Waals surface area contributed by atoms with Crippen LogP contribution in [0.2, 0.25) is 0 Å². The molecule has 1 aromatic carbocycles. The van der Waals surface area contributed by atoms with Gasteiger partial charge in [0, 0.05) is 19.0 Å². The first-order valence-corrected chi connectivity index (χ1v) is 10.2. The fraction of sp³-hybridized carbons (Fsp3) is 0.522. The lowest BCUT2D eigenvalue weighted by atomic mass is 9.62. The van der Waals surface area contributed by atoms with E-state index in [1.807, 2.05) is 18.2 Å². The fourth-order valence-corrected chi connectivity index (χ4v) is 5.28. The Hall–Kier alpha value is -2.27. The molecule has 0 amide bonds. The molecule has 2 heterocycles. The first-order valence-electron chi connectivity index (χ1n) is 10.2. The smallest absolute Gasteiger partial charge is 0.311 e. The third-order valence-electron chi connectivity index (χ3n) is 6.83. The number of benzene rings is 1. The molecule has 28 heavy (non-hydrogen) atoms. The van der Waals surface area contributed by atoms with E-state index in [1.54, 1.807) is 0 Å². The Balaban J connectivity index is 1.28. The van der Waals surface area contributed by atoms with E-state index in [9.17, 15) is 4.79 Å². The van der Waals surface area contributed by atoms with Crippen LogP contribution < -0.4 is 14.8 Å². The number of ether oxygens (including phenoxy) is 3. The Labute approximate surface area is 165 Å². The van der Waals surface area contributed by atoms with Crippen LogP contribution in [0.15, 0.2) is 41.5 Å². The van der Waals surface area contributed by atoms with Gasteiger partial charge in [-0.25, -0.2) is 0 Å². The van der Waals surface area contributed by atoms with Gasteiger partial charge in [0.25, 0.3) is 0 Å². The van der Waals surface area contributed by atoms with Crippen molar-refractivity contribution in [2.45, 2.75) is 45.8 Å². The summed E-state index contributed by atoms with van der Waals surface area (Å²) in [7, 11) is 0. The number of allylic oxidation sites excluding steroid dienone is 3. The minimum atomic E-state index is -0.120. The van der Waals surface area contributed by atoms with Crippen molar-refractivity contribution in [3.8, 4) is 11.5 Å². The van der Waals surface area contributed by atoms with Crippen LogP contribution in [-0.4, -0.2) is 25.4 Å². The van der Waals surface area contributed by atoms with Gasteiger partial charge in [-0.15, -0.1) is 0 Å². The second-order valence-corrected chi connectivity index (χ2v) is 8.75. The van der Waals surface area contributed by atoms with Gasteiger partial charge in [0.05, 0.1) is 5.92 Å². The van der Waals surface area contributed by atoms with Gasteiger partial charge >= 0.3 is 5.97 Å². The van der Waals surface area contributed by atoms with Gasteiger partial charge < -0.3 is 19.5 Å². The van der Waals surface area contributed by atoms with Crippen LogP contribution in [0.3, 0.4) is 0 Å². The van der Waals surface area contributed by atoms with E-state index in [-0.39, 0.29) is 36.1 Å². The largest absolute Gasteiger partial charge is 0.461 e. The van der Waals surface area contributed by atoms with E-state index in [2.05, 4.69) is 31.3 Å². The van der Waals surface area contributed by atoms with Gasteiger partial charge in [-0.3, -0.25) is 4.79 Å². The second-order valence-electron chi connectivity index (χ2n) is 8.75. The predicted molar refractivity (Wildman–Crippen MR) is 105 cm³/mol. The molecular weight excluding hydrogens is 354 g/mol. The molecule has 0 spiro atoms. The summed E-state index contributed by atoms with van der Waals surface area (Å²) in [5, 5.41) is 3.45. The van der Waals surface area contributed by atoms with Gasteiger partial charge in [0.2, 0.25) is 6.79 Å². The van der Waals surface area contributed by atoms with Crippen molar-refractivity contribution in [3.05, 3.63) is 47.1 Å². The highest BCUT2D eigenvalue weighted by Crippen LogP contribution is 2.52. The van der Waals surface area contributed by atoms with Crippen LogP contribution in [-0.2, 0) is 16.1 Å². The molecule has 5 heteroatoms. The Bertz CT molecular complexity index is 873. The monoisotopic (exact) mass is 381 g/mol. The van der Waals surface area contributed by atoms with E-state index >= 15 is 0 Å². The number of fused-ring (bicyclic) bond motifs is 3. The molecule has 2 aliphatic heterocycles. The number of esters is 1. The summed E-state index contributed by atoms with van der Waals surface area (Å²) in [5.41, 5.74) is 4.07. The Morgan fingerprint density at radius 1 is 1.25 bits per heavy atom. The van der Waals surface area contributed by atoms with E-state index in [4.69, 9.17) is 14.2 Å². The summed E-state index contributed by atoms with van der Waals surface area (Å²) in [5.74, 6) is 1.57. The number of carbonyl (C=O) groups excluding carboxylic acids is 1. The molecule has 1 N–H and O–H groups in total. The molecule has 4 aliphatic rings. The van der Waals surface area contributed by atoms with Gasteiger partial charge in [0.15, 0.2) is 11.5 Å². The normalized spacial score (nSPS) is 32.9. The fourth-order valence-electron chi connectivity index (χ4n) is 5.28. The molecular formula is C23H27NO4. The maximum Gasteiger partial charge on any atom is 0.311 e. The average Bonchev–Trinajstić information content (AvgIpc) is 3.24. The summed E-state index contributed by atoms with van der Waals surface area (Å²) in [6.07, 6.45) is 7.90. The van der Waals surface area contributed by atoms with Crippen molar-refractivity contribution >= 4 is 5.97 Å². The van der Waals surface area contributed by atoms with E-state index in [1.165, 1.54) is 11.1 Å². The number of hydrogen-bond donors (Lipinski definition) is 1. The lowest BCUT2D eigenvalue weighted by Crippen LogP contribution is -2.38. The van der Waals surface area contributed by atoms with Crippen molar-refractivity contribution in [2.75, 3.05) is 13.3 Å². The average molecular weight is 381 g/mol. The molecule has 1 aromatic rings. The van der Waals surface area contributed by atoms with Crippen molar-refractivity contribution in [1.82, 2.24) is 5.32 Å². The van der Waals surface area contributed by atoms with Crippen LogP contribution in [0.5, 0.6) is 11.5 Å². The SMILES string of the molecule is CC1=CCC[C@@]2(C)C[C@H]3OC(=O)[C@H](CNCc4ccc5c(c4)OCO5)[C@@H]3C=C12. The predicted octanol–water partition coefficient (Wildman–Crippen LogP) is 3.74. The lowest BCUT2D eigenvalue weighted by molar-refractivity contribution is -0.145. The van der Waals surface area contributed by atoms with Crippen LogP contribution in [0, 0.1) is 17.3 Å². The van der Waals surface area contributed by atoms with Crippen LogP contribution in [0.25, 0.3) is 0 Å².